The molecule has 1 N–H and O–H groups in total. The quantitative estimate of drug-likeness (QED) is 0.0500. The van der Waals surface area contributed by atoms with Crippen LogP contribution in [0.2, 0.25) is 0 Å². The first-order valence-electron chi connectivity index (χ1n) is 22.6. The van der Waals surface area contributed by atoms with Gasteiger partial charge in [0.15, 0.2) is 0 Å². The first kappa shape index (κ1) is 49.9. The number of unbranched alkanes of at least 4 members (excludes halogenated alkanes) is 23. The molecule has 0 aromatic heterocycles. The molecule has 0 amide bonds. The Bertz CT molecular complexity index is 715. The highest BCUT2D eigenvalue weighted by atomic mass is 16.5. The summed E-state index contributed by atoms with van der Waals surface area (Å²) < 4.78 is 11.5. The van der Waals surface area contributed by atoms with Crippen LogP contribution in [0.5, 0.6) is 0 Å². The monoisotopic (exact) mass is 724 g/mol. The van der Waals surface area contributed by atoms with Crippen molar-refractivity contribution < 1.29 is 24.2 Å². The second-order valence-corrected chi connectivity index (χ2v) is 15.8. The number of hydrogen-bond donors (Lipinski definition) is 1. The smallest absolute Gasteiger partial charge is 0.306 e. The minimum atomic E-state index is -0.0675. The summed E-state index contributed by atoms with van der Waals surface area (Å²) in [5, 5.41) is 9.59. The van der Waals surface area contributed by atoms with Gasteiger partial charge in [0.2, 0.25) is 0 Å². The molecule has 304 valence electrons. The van der Waals surface area contributed by atoms with Gasteiger partial charge in [-0.25, -0.2) is 0 Å². The molecule has 1 atom stereocenters. The fourth-order valence-corrected chi connectivity index (χ4v) is 7.05. The van der Waals surface area contributed by atoms with Crippen LogP contribution in [-0.4, -0.2) is 60.9 Å². The molecule has 0 aliphatic rings. The summed E-state index contributed by atoms with van der Waals surface area (Å²) in [7, 11) is 0. The second kappa shape index (κ2) is 40.1. The molecule has 0 saturated carbocycles. The van der Waals surface area contributed by atoms with E-state index in [1.807, 2.05) is 0 Å². The van der Waals surface area contributed by atoms with Crippen LogP contribution in [0.15, 0.2) is 0 Å². The van der Waals surface area contributed by atoms with E-state index in [0.29, 0.717) is 26.0 Å². The third kappa shape index (κ3) is 37.0. The average Bonchev–Trinajstić information content (AvgIpc) is 3.11. The zero-order valence-corrected chi connectivity index (χ0v) is 34.8. The number of rotatable bonds is 41. The number of aliphatic hydroxyl groups is 1. The standard InChI is InChI=1S/C45H89NO5/c1-5-8-11-14-17-18-19-20-26-31-40-50-45(49)41-42(4)35-37-46(38-39-47)36-30-25-21-24-29-34-44(48)51-43(32-27-22-15-12-9-6-2)33-28-23-16-13-10-7-3/h42-43,47H,5-41H2,1-4H3. The van der Waals surface area contributed by atoms with E-state index >= 15 is 0 Å². The van der Waals surface area contributed by atoms with E-state index in [-0.39, 0.29) is 30.6 Å². The van der Waals surface area contributed by atoms with Crippen LogP contribution in [0.1, 0.15) is 233 Å². The molecule has 0 radical (unpaired) electrons. The van der Waals surface area contributed by atoms with Gasteiger partial charge in [-0.1, -0.05) is 169 Å². The molecule has 0 aliphatic heterocycles. The average molecular weight is 724 g/mol. The normalized spacial score (nSPS) is 12.2. The molecule has 0 saturated heterocycles. The minimum absolute atomic E-state index is 0.00268. The van der Waals surface area contributed by atoms with Gasteiger partial charge >= 0.3 is 11.9 Å². The van der Waals surface area contributed by atoms with Crippen LogP contribution in [0, 0.1) is 5.92 Å². The molecule has 0 spiro atoms. The lowest BCUT2D eigenvalue weighted by molar-refractivity contribution is -0.150. The molecule has 0 aromatic rings. The minimum Gasteiger partial charge on any atom is -0.466 e. The lowest BCUT2D eigenvalue weighted by Gasteiger charge is -2.23. The topological polar surface area (TPSA) is 76.1 Å². The highest BCUT2D eigenvalue weighted by molar-refractivity contribution is 5.69. The Kier molecular flexibility index (Phi) is 39.2. The molecular weight excluding hydrogens is 634 g/mol. The number of carbonyl (C=O) groups is 2. The molecule has 0 aromatic carbocycles. The third-order valence-corrected chi connectivity index (χ3v) is 10.5. The van der Waals surface area contributed by atoms with Gasteiger partial charge < -0.3 is 19.5 Å². The second-order valence-electron chi connectivity index (χ2n) is 15.8. The molecule has 0 bridgehead atoms. The van der Waals surface area contributed by atoms with Crippen molar-refractivity contribution in [2.24, 2.45) is 5.92 Å². The predicted molar refractivity (Wildman–Crippen MR) is 218 cm³/mol. The molecule has 0 rings (SSSR count). The number of hydrogen-bond acceptors (Lipinski definition) is 6. The highest BCUT2D eigenvalue weighted by Crippen LogP contribution is 2.19. The summed E-state index contributed by atoms with van der Waals surface area (Å²) in [6, 6.07) is 0. The van der Waals surface area contributed by atoms with E-state index in [9.17, 15) is 14.7 Å². The maximum Gasteiger partial charge on any atom is 0.306 e. The van der Waals surface area contributed by atoms with Crippen molar-refractivity contribution >= 4 is 11.9 Å². The predicted octanol–water partition coefficient (Wildman–Crippen LogP) is 12.9. The van der Waals surface area contributed by atoms with Crippen LogP contribution in [0.25, 0.3) is 0 Å². The van der Waals surface area contributed by atoms with Gasteiger partial charge in [-0.3, -0.25) is 9.59 Å². The van der Waals surface area contributed by atoms with Crippen molar-refractivity contribution in [2.75, 3.05) is 32.8 Å². The maximum atomic E-state index is 12.7. The van der Waals surface area contributed by atoms with Crippen molar-refractivity contribution in [1.29, 1.82) is 0 Å². The third-order valence-electron chi connectivity index (χ3n) is 10.5. The molecular formula is C45H89NO5. The summed E-state index contributed by atoms with van der Waals surface area (Å²) in [6.07, 6.45) is 37.6. The molecule has 0 fully saturated rings. The lowest BCUT2D eigenvalue weighted by Crippen LogP contribution is -2.30. The Balaban J connectivity index is 4.07. The Hall–Kier alpha value is -1.14. The largest absolute Gasteiger partial charge is 0.466 e. The van der Waals surface area contributed by atoms with Crippen molar-refractivity contribution in [3.8, 4) is 0 Å². The SMILES string of the molecule is CCCCCCCCCCCCOC(=O)CC(C)CCN(CCO)CCCCCCCC(=O)OC(CCCCCCCC)CCCCCCCC. The fraction of sp³-hybridized carbons (Fsp3) is 0.956. The van der Waals surface area contributed by atoms with E-state index in [1.165, 1.54) is 128 Å². The van der Waals surface area contributed by atoms with Gasteiger partial charge in [0, 0.05) is 19.4 Å². The number of carbonyl (C=O) groups excluding carboxylic acids is 2. The Morgan fingerprint density at radius 1 is 0.510 bits per heavy atom. The van der Waals surface area contributed by atoms with Crippen LogP contribution in [0.3, 0.4) is 0 Å². The van der Waals surface area contributed by atoms with Crippen molar-refractivity contribution in [1.82, 2.24) is 4.90 Å². The van der Waals surface area contributed by atoms with E-state index < -0.39 is 0 Å². The van der Waals surface area contributed by atoms with Crippen molar-refractivity contribution in [3.05, 3.63) is 0 Å². The zero-order valence-electron chi connectivity index (χ0n) is 34.8. The molecule has 6 heteroatoms. The van der Waals surface area contributed by atoms with E-state index in [0.717, 1.165) is 77.3 Å². The van der Waals surface area contributed by atoms with Gasteiger partial charge in [-0.2, -0.15) is 0 Å². The first-order chi connectivity index (χ1) is 25.0. The summed E-state index contributed by atoms with van der Waals surface area (Å²) in [5.74, 6) is 0.215. The first-order valence-corrected chi connectivity index (χ1v) is 22.6. The van der Waals surface area contributed by atoms with Crippen LogP contribution < -0.4 is 0 Å². The summed E-state index contributed by atoms with van der Waals surface area (Å²) in [5.41, 5.74) is 0. The van der Waals surface area contributed by atoms with Crippen LogP contribution in [0.4, 0.5) is 0 Å². The van der Waals surface area contributed by atoms with E-state index in [4.69, 9.17) is 9.47 Å². The Morgan fingerprint density at radius 3 is 1.47 bits per heavy atom. The van der Waals surface area contributed by atoms with Crippen molar-refractivity contribution in [2.45, 2.75) is 239 Å². The Morgan fingerprint density at radius 2 is 0.961 bits per heavy atom. The van der Waals surface area contributed by atoms with Gasteiger partial charge in [-0.05, 0) is 70.4 Å². The van der Waals surface area contributed by atoms with Gasteiger partial charge in [0.1, 0.15) is 6.10 Å². The van der Waals surface area contributed by atoms with Crippen molar-refractivity contribution in [3.63, 3.8) is 0 Å². The molecule has 0 aliphatic carbocycles. The van der Waals surface area contributed by atoms with Gasteiger partial charge in [0.05, 0.1) is 13.2 Å². The van der Waals surface area contributed by atoms with E-state index in [2.05, 4.69) is 32.6 Å². The number of aliphatic hydroxyl groups excluding tert-OH is 1. The lowest BCUT2D eigenvalue weighted by atomic mass is 10.0. The fourth-order valence-electron chi connectivity index (χ4n) is 7.05. The summed E-state index contributed by atoms with van der Waals surface area (Å²) in [4.78, 5) is 27.4. The highest BCUT2D eigenvalue weighted by Gasteiger charge is 2.15. The van der Waals surface area contributed by atoms with Gasteiger partial charge in [0.25, 0.3) is 0 Å². The molecule has 0 heterocycles. The van der Waals surface area contributed by atoms with Crippen LogP contribution in [-0.2, 0) is 19.1 Å². The number of esters is 2. The van der Waals surface area contributed by atoms with Gasteiger partial charge in [-0.15, -0.1) is 0 Å². The number of ether oxygens (including phenoxy) is 2. The van der Waals surface area contributed by atoms with E-state index in [1.54, 1.807) is 0 Å². The molecule has 51 heavy (non-hydrogen) atoms. The Labute approximate surface area is 318 Å². The molecule has 6 nitrogen and oxygen atoms in total. The van der Waals surface area contributed by atoms with Crippen LogP contribution >= 0.6 is 0 Å². The summed E-state index contributed by atoms with van der Waals surface area (Å²) in [6.45, 7) is 12.2. The zero-order chi connectivity index (χ0) is 37.5. The summed E-state index contributed by atoms with van der Waals surface area (Å²) >= 11 is 0. The number of nitrogens with zero attached hydrogens (tertiary/aromatic N) is 1. The maximum absolute atomic E-state index is 12.7. The molecule has 1 unspecified atom stereocenters.